The van der Waals surface area contributed by atoms with Crippen molar-refractivity contribution < 1.29 is 13.9 Å². The van der Waals surface area contributed by atoms with Crippen molar-refractivity contribution in [2.24, 2.45) is 0 Å². The van der Waals surface area contributed by atoms with Gasteiger partial charge in [-0.2, -0.15) is 0 Å². The number of ether oxygens (including phenoxy) is 1. The summed E-state index contributed by atoms with van der Waals surface area (Å²) in [6, 6.07) is 14.2. The van der Waals surface area contributed by atoms with E-state index >= 15 is 0 Å². The zero-order valence-corrected chi connectivity index (χ0v) is 13.4. The Kier molecular flexibility index (Phi) is 6.11. The Bertz CT molecular complexity index is 647. The number of nitrogens with one attached hydrogen (secondary N) is 1. The molecule has 0 heterocycles. The lowest BCUT2D eigenvalue weighted by Crippen LogP contribution is -2.32. The Morgan fingerprint density at radius 3 is 2.57 bits per heavy atom. The predicted octanol–water partition coefficient (Wildman–Crippen LogP) is 3.29. The van der Waals surface area contributed by atoms with Gasteiger partial charge in [0.15, 0.2) is 11.6 Å². The number of likely N-dealkylation sites (N-methyl/N-ethyl adjacent to an activating group) is 1. The van der Waals surface area contributed by atoms with Crippen LogP contribution in [-0.2, 0) is 11.3 Å². The Hall–Kier alpha value is -2.40. The van der Waals surface area contributed by atoms with Crippen LogP contribution in [0.2, 0.25) is 0 Å². The van der Waals surface area contributed by atoms with Gasteiger partial charge in [0.2, 0.25) is 5.91 Å². The largest absolute Gasteiger partial charge is 0.494 e. The molecular formula is C18H21FN2O2. The van der Waals surface area contributed by atoms with E-state index in [1.54, 1.807) is 12.1 Å². The number of hydrogen-bond acceptors (Lipinski definition) is 3. The number of carbonyl (C=O) groups is 1. The van der Waals surface area contributed by atoms with Gasteiger partial charge in [0, 0.05) is 12.2 Å². The molecular weight excluding hydrogens is 295 g/mol. The van der Waals surface area contributed by atoms with E-state index in [4.69, 9.17) is 4.74 Å². The highest BCUT2D eigenvalue weighted by molar-refractivity contribution is 5.92. The van der Waals surface area contributed by atoms with Gasteiger partial charge in [-0.3, -0.25) is 9.69 Å². The minimum atomic E-state index is -0.394. The van der Waals surface area contributed by atoms with Crippen LogP contribution in [0.5, 0.6) is 5.75 Å². The molecule has 4 nitrogen and oxygen atoms in total. The van der Waals surface area contributed by atoms with Crippen LogP contribution in [0, 0.1) is 5.82 Å². The molecule has 2 aromatic rings. The van der Waals surface area contributed by atoms with Crippen LogP contribution in [0.15, 0.2) is 48.5 Å². The maximum Gasteiger partial charge on any atom is 0.238 e. The number of hydrogen-bond donors (Lipinski definition) is 1. The molecule has 0 bridgehead atoms. The van der Waals surface area contributed by atoms with Crippen molar-refractivity contribution in [1.29, 1.82) is 0 Å². The number of rotatable bonds is 7. The quantitative estimate of drug-likeness (QED) is 0.852. The second kappa shape index (κ2) is 8.29. The molecule has 1 N–H and O–H groups in total. The van der Waals surface area contributed by atoms with Crippen LogP contribution in [0.1, 0.15) is 12.5 Å². The second-order valence-electron chi connectivity index (χ2n) is 5.19. The van der Waals surface area contributed by atoms with E-state index in [1.165, 1.54) is 13.2 Å². The van der Waals surface area contributed by atoms with Crippen molar-refractivity contribution in [3.63, 3.8) is 0 Å². The van der Waals surface area contributed by atoms with Crippen LogP contribution in [0.25, 0.3) is 0 Å². The average molecular weight is 316 g/mol. The Morgan fingerprint density at radius 1 is 1.22 bits per heavy atom. The summed E-state index contributed by atoms with van der Waals surface area (Å²) >= 11 is 0. The molecule has 0 saturated carbocycles. The Labute approximate surface area is 135 Å². The second-order valence-corrected chi connectivity index (χ2v) is 5.19. The lowest BCUT2D eigenvalue weighted by atomic mass is 10.2. The lowest BCUT2D eigenvalue weighted by Gasteiger charge is -2.20. The molecule has 0 atom stereocenters. The smallest absolute Gasteiger partial charge is 0.238 e. The van der Waals surface area contributed by atoms with Gasteiger partial charge in [-0.05, 0) is 36.4 Å². The van der Waals surface area contributed by atoms with Crippen molar-refractivity contribution in [1.82, 2.24) is 4.90 Å². The van der Waals surface area contributed by atoms with Gasteiger partial charge in [0.1, 0.15) is 0 Å². The van der Waals surface area contributed by atoms with Crippen molar-refractivity contribution in [2.45, 2.75) is 13.5 Å². The first kappa shape index (κ1) is 17.0. The number of anilines is 1. The number of halogens is 1. The van der Waals surface area contributed by atoms with E-state index < -0.39 is 5.82 Å². The van der Waals surface area contributed by atoms with Crippen molar-refractivity contribution in [2.75, 3.05) is 25.5 Å². The fraction of sp³-hybridized carbons (Fsp3) is 0.278. The number of amides is 1. The molecule has 0 fully saturated rings. The molecule has 0 aliphatic rings. The van der Waals surface area contributed by atoms with E-state index in [9.17, 15) is 9.18 Å². The fourth-order valence-corrected chi connectivity index (χ4v) is 2.27. The van der Waals surface area contributed by atoms with Crippen LogP contribution >= 0.6 is 0 Å². The van der Waals surface area contributed by atoms with Gasteiger partial charge >= 0.3 is 0 Å². The zero-order chi connectivity index (χ0) is 16.7. The van der Waals surface area contributed by atoms with Gasteiger partial charge in [0.05, 0.1) is 13.7 Å². The van der Waals surface area contributed by atoms with E-state index in [-0.39, 0.29) is 18.2 Å². The van der Waals surface area contributed by atoms with Crippen LogP contribution in [0.3, 0.4) is 0 Å². The molecule has 2 aromatic carbocycles. The standard InChI is InChI=1S/C18H21FN2O2/c1-3-21(12-14-9-10-17(23-2)16(19)11-14)13-18(22)20-15-7-5-4-6-8-15/h4-11H,3,12-13H2,1-2H3,(H,20,22). The number of carbonyl (C=O) groups excluding carboxylic acids is 1. The van der Waals surface area contributed by atoms with Gasteiger partial charge in [-0.25, -0.2) is 4.39 Å². The van der Waals surface area contributed by atoms with Gasteiger partial charge in [-0.15, -0.1) is 0 Å². The third-order valence-corrected chi connectivity index (χ3v) is 3.49. The molecule has 0 aliphatic heterocycles. The van der Waals surface area contributed by atoms with Crippen LogP contribution in [-0.4, -0.2) is 31.0 Å². The summed E-state index contributed by atoms with van der Waals surface area (Å²) in [7, 11) is 1.43. The lowest BCUT2D eigenvalue weighted by molar-refractivity contribution is -0.117. The van der Waals surface area contributed by atoms with Crippen LogP contribution < -0.4 is 10.1 Å². The van der Waals surface area contributed by atoms with Gasteiger partial charge in [0.25, 0.3) is 0 Å². The minimum absolute atomic E-state index is 0.0907. The first-order valence-electron chi connectivity index (χ1n) is 7.52. The summed E-state index contributed by atoms with van der Waals surface area (Å²) in [5, 5.41) is 2.85. The summed E-state index contributed by atoms with van der Waals surface area (Å²) in [6.45, 7) is 3.41. The molecule has 23 heavy (non-hydrogen) atoms. The summed E-state index contributed by atoms with van der Waals surface area (Å²) in [4.78, 5) is 14.0. The summed E-state index contributed by atoms with van der Waals surface area (Å²) < 4.78 is 18.6. The maximum absolute atomic E-state index is 13.7. The normalized spacial score (nSPS) is 10.6. The zero-order valence-electron chi connectivity index (χ0n) is 13.4. The highest BCUT2D eigenvalue weighted by atomic mass is 19.1. The number of benzene rings is 2. The molecule has 0 aliphatic carbocycles. The number of methoxy groups -OCH3 is 1. The number of para-hydroxylation sites is 1. The highest BCUT2D eigenvalue weighted by Crippen LogP contribution is 2.18. The molecule has 122 valence electrons. The Balaban J connectivity index is 1.94. The molecule has 0 aromatic heterocycles. The monoisotopic (exact) mass is 316 g/mol. The minimum Gasteiger partial charge on any atom is -0.494 e. The third-order valence-electron chi connectivity index (χ3n) is 3.49. The molecule has 2 rings (SSSR count). The number of nitrogens with zero attached hydrogens (tertiary/aromatic N) is 1. The van der Waals surface area contributed by atoms with E-state index in [1.807, 2.05) is 42.2 Å². The van der Waals surface area contributed by atoms with E-state index in [2.05, 4.69) is 5.32 Å². The summed E-state index contributed by atoms with van der Waals surface area (Å²) in [6.07, 6.45) is 0. The molecule has 0 unspecified atom stereocenters. The van der Waals surface area contributed by atoms with Crippen LogP contribution in [0.4, 0.5) is 10.1 Å². The predicted molar refractivity (Wildman–Crippen MR) is 89.0 cm³/mol. The topological polar surface area (TPSA) is 41.6 Å². The third kappa shape index (κ3) is 5.07. The van der Waals surface area contributed by atoms with Crippen molar-refractivity contribution in [3.05, 3.63) is 59.9 Å². The Morgan fingerprint density at radius 2 is 1.96 bits per heavy atom. The van der Waals surface area contributed by atoms with E-state index in [0.717, 1.165) is 11.3 Å². The molecule has 0 spiro atoms. The van der Waals surface area contributed by atoms with Crippen molar-refractivity contribution >= 4 is 11.6 Å². The average Bonchev–Trinajstić information content (AvgIpc) is 2.55. The molecule has 0 radical (unpaired) electrons. The molecule has 5 heteroatoms. The first-order chi connectivity index (χ1) is 11.1. The maximum atomic E-state index is 13.7. The van der Waals surface area contributed by atoms with Gasteiger partial charge in [-0.1, -0.05) is 31.2 Å². The van der Waals surface area contributed by atoms with Gasteiger partial charge < -0.3 is 10.1 Å². The summed E-state index contributed by atoms with van der Waals surface area (Å²) in [5.74, 6) is -0.263. The highest BCUT2D eigenvalue weighted by Gasteiger charge is 2.11. The van der Waals surface area contributed by atoms with E-state index in [0.29, 0.717) is 13.1 Å². The first-order valence-corrected chi connectivity index (χ1v) is 7.52. The molecule has 1 amide bonds. The fourth-order valence-electron chi connectivity index (χ4n) is 2.27. The summed E-state index contributed by atoms with van der Waals surface area (Å²) in [5.41, 5.74) is 1.57. The molecule has 0 saturated heterocycles. The van der Waals surface area contributed by atoms with Crippen molar-refractivity contribution in [3.8, 4) is 5.75 Å². The SMILES string of the molecule is CCN(CC(=O)Nc1ccccc1)Cc1ccc(OC)c(F)c1.